The molecule has 2 rings (SSSR count). The third-order valence-electron chi connectivity index (χ3n) is 2.44. The second-order valence-corrected chi connectivity index (χ2v) is 3.82. The fourth-order valence-corrected chi connectivity index (χ4v) is 1.54. The molecule has 0 spiro atoms. The van der Waals surface area contributed by atoms with Crippen LogP contribution < -0.4 is 5.32 Å². The second kappa shape index (κ2) is 6.24. The van der Waals surface area contributed by atoms with Crippen LogP contribution in [0.1, 0.15) is 15.9 Å². The number of aromatic nitrogens is 2. The molecule has 0 bridgehead atoms. The third-order valence-corrected chi connectivity index (χ3v) is 2.44. The summed E-state index contributed by atoms with van der Waals surface area (Å²) in [6.45, 7) is 0. The van der Waals surface area contributed by atoms with E-state index in [1.807, 2.05) is 0 Å². The molecule has 0 saturated carbocycles. The summed E-state index contributed by atoms with van der Waals surface area (Å²) < 4.78 is 0. The van der Waals surface area contributed by atoms with E-state index >= 15 is 0 Å². The average molecular weight is 269 g/mol. The van der Waals surface area contributed by atoms with Gasteiger partial charge in [-0.1, -0.05) is 0 Å². The predicted octanol–water partition coefficient (Wildman–Crippen LogP) is 1.83. The van der Waals surface area contributed by atoms with Crippen LogP contribution in [-0.2, 0) is 4.79 Å². The van der Waals surface area contributed by atoms with E-state index < -0.39 is 5.97 Å². The van der Waals surface area contributed by atoms with E-state index in [4.69, 9.17) is 5.11 Å². The molecule has 0 aliphatic rings. The fourth-order valence-electron chi connectivity index (χ4n) is 1.54. The van der Waals surface area contributed by atoms with Crippen LogP contribution >= 0.6 is 0 Å². The molecule has 0 aliphatic carbocycles. The van der Waals surface area contributed by atoms with Gasteiger partial charge in [-0.25, -0.2) is 4.79 Å². The number of hydrogen-bond donors (Lipinski definition) is 2. The number of carbonyl (C=O) groups excluding carboxylic acids is 1. The van der Waals surface area contributed by atoms with Crippen LogP contribution in [0.4, 0.5) is 5.69 Å². The van der Waals surface area contributed by atoms with Gasteiger partial charge in [-0.05, 0) is 24.3 Å². The van der Waals surface area contributed by atoms with E-state index in [-0.39, 0.29) is 5.91 Å². The van der Waals surface area contributed by atoms with Gasteiger partial charge in [-0.3, -0.25) is 14.8 Å². The van der Waals surface area contributed by atoms with Crippen molar-refractivity contribution in [3.05, 3.63) is 60.2 Å². The van der Waals surface area contributed by atoms with Gasteiger partial charge >= 0.3 is 5.97 Å². The SMILES string of the molecule is O=C(O)C=Cc1cnccc1C(=O)Nc1ccncc1. The number of carbonyl (C=O) groups is 2. The molecule has 2 N–H and O–H groups in total. The van der Waals surface area contributed by atoms with Crippen molar-refractivity contribution in [3.8, 4) is 0 Å². The summed E-state index contributed by atoms with van der Waals surface area (Å²) in [5, 5.41) is 11.3. The van der Waals surface area contributed by atoms with Crippen molar-refractivity contribution in [3.63, 3.8) is 0 Å². The van der Waals surface area contributed by atoms with Crippen LogP contribution in [0.25, 0.3) is 6.08 Å². The Hall–Kier alpha value is -3.02. The Balaban J connectivity index is 2.24. The summed E-state index contributed by atoms with van der Waals surface area (Å²) in [6, 6.07) is 4.84. The van der Waals surface area contributed by atoms with Crippen LogP contribution in [0.3, 0.4) is 0 Å². The summed E-state index contributed by atoms with van der Waals surface area (Å²) in [5.74, 6) is -1.43. The van der Waals surface area contributed by atoms with Gasteiger partial charge in [0.05, 0.1) is 0 Å². The average Bonchev–Trinajstić information content (AvgIpc) is 2.46. The normalized spacial score (nSPS) is 10.4. The van der Waals surface area contributed by atoms with Crippen molar-refractivity contribution < 1.29 is 14.7 Å². The zero-order chi connectivity index (χ0) is 14.4. The topological polar surface area (TPSA) is 92.2 Å². The molecule has 0 saturated heterocycles. The van der Waals surface area contributed by atoms with E-state index in [1.165, 1.54) is 24.5 Å². The van der Waals surface area contributed by atoms with Crippen molar-refractivity contribution in [1.29, 1.82) is 0 Å². The number of carboxylic acid groups (broad SMARTS) is 1. The fraction of sp³-hybridized carbons (Fsp3) is 0. The quantitative estimate of drug-likeness (QED) is 0.826. The van der Waals surface area contributed by atoms with Gasteiger partial charge in [0.2, 0.25) is 0 Å². The van der Waals surface area contributed by atoms with Crippen LogP contribution in [0, 0.1) is 0 Å². The summed E-state index contributed by atoms with van der Waals surface area (Å²) in [4.78, 5) is 30.4. The Bertz CT molecular complexity index is 654. The number of nitrogens with zero attached hydrogens (tertiary/aromatic N) is 2. The van der Waals surface area contributed by atoms with Crippen molar-refractivity contribution in [2.45, 2.75) is 0 Å². The van der Waals surface area contributed by atoms with Gasteiger partial charge in [-0.15, -0.1) is 0 Å². The maximum Gasteiger partial charge on any atom is 0.328 e. The molecule has 0 fully saturated rings. The molecule has 2 aromatic heterocycles. The van der Waals surface area contributed by atoms with Crippen molar-refractivity contribution in [2.75, 3.05) is 5.32 Å². The highest BCUT2D eigenvalue weighted by Gasteiger charge is 2.10. The maximum absolute atomic E-state index is 12.1. The molecule has 100 valence electrons. The van der Waals surface area contributed by atoms with Gasteiger partial charge in [0.15, 0.2) is 0 Å². The van der Waals surface area contributed by atoms with Gasteiger partial charge in [0.1, 0.15) is 0 Å². The number of aliphatic carboxylic acids is 1. The molecule has 6 heteroatoms. The second-order valence-electron chi connectivity index (χ2n) is 3.82. The Morgan fingerprint density at radius 3 is 2.50 bits per heavy atom. The predicted molar refractivity (Wildman–Crippen MR) is 73.1 cm³/mol. The highest BCUT2D eigenvalue weighted by Crippen LogP contribution is 2.12. The molecule has 20 heavy (non-hydrogen) atoms. The number of pyridine rings is 2. The van der Waals surface area contributed by atoms with Gasteiger partial charge in [0, 0.05) is 47.7 Å². The highest BCUT2D eigenvalue weighted by molar-refractivity contribution is 6.06. The van der Waals surface area contributed by atoms with Crippen LogP contribution in [0.5, 0.6) is 0 Å². The lowest BCUT2D eigenvalue weighted by Gasteiger charge is -2.07. The van der Waals surface area contributed by atoms with Gasteiger partial charge in [-0.2, -0.15) is 0 Å². The molecule has 1 amide bonds. The minimum atomic E-state index is -1.09. The van der Waals surface area contributed by atoms with Gasteiger partial charge < -0.3 is 10.4 Å². The van der Waals surface area contributed by atoms with E-state index in [1.54, 1.807) is 24.5 Å². The third kappa shape index (κ3) is 3.49. The lowest BCUT2D eigenvalue weighted by molar-refractivity contribution is -0.131. The van der Waals surface area contributed by atoms with Crippen LogP contribution in [0.15, 0.2) is 49.1 Å². The molecule has 0 aromatic carbocycles. The largest absolute Gasteiger partial charge is 0.478 e. The number of carboxylic acids is 1. The Labute approximate surface area is 114 Å². The smallest absolute Gasteiger partial charge is 0.328 e. The standard InChI is InChI=1S/C14H11N3O3/c18-13(19)2-1-10-9-16-8-5-12(10)14(20)17-11-3-6-15-7-4-11/h1-9H,(H,18,19)(H,15,17,20). The summed E-state index contributed by atoms with van der Waals surface area (Å²) >= 11 is 0. The van der Waals surface area contributed by atoms with Gasteiger partial charge in [0.25, 0.3) is 5.91 Å². The molecule has 0 aliphatic heterocycles. The van der Waals surface area contributed by atoms with Crippen LogP contribution in [0.2, 0.25) is 0 Å². The summed E-state index contributed by atoms with van der Waals surface area (Å²) in [5.41, 5.74) is 1.38. The zero-order valence-corrected chi connectivity index (χ0v) is 10.4. The van der Waals surface area contributed by atoms with Crippen molar-refractivity contribution >= 4 is 23.6 Å². The van der Waals surface area contributed by atoms with Crippen LogP contribution in [-0.4, -0.2) is 27.0 Å². The lowest BCUT2D eigenvalue weighted by Crippen LogP contribution is -2.13. The minimum Gasteiger partial charge on any atom is -0.478 e. The molecule has 0 unspecified atom stereocenters. The molecular weight excluding hydrogens is 258 g/mol. The van der Waals surface area contributed by atoms with E-state index in [0.29, 0.717) is 16.8 Å². The van der Waals surface area contributed by atoms with E-state index in [2.05, 4.69) is 15.3 Å². The number of rotatable bonds is 4. The van der Waals surface area contributed by atoms with E-state index in [0.717, 1.165) is 6.08 Å². The minimum absolute atomic E-state index is 0.342. The number of nitrogens with one attached hydrogen (secondary N) is 1. The molecular formula is C14H11N3O3. The van der Waals surface area contributed by atoms with E-state index in [9.17, 15) is 9.59 Å². The molecule has 2 aromatic rings. The first-order valence-electron chi connectivity index (χ1n) is 5.73. The zero-order valence-electron chi connectivity index (χ0n) is 10.4. The summed E-state index contributed by atoms with van der Waals surface area (Å²) in [6.07, 6.45) is 8.32. The number of anilines is 1. The molecule has 2 heterocycles. The molecule has 0 radical (unpaired) electrons. The Kier molecular flexibility index (Phi) is 4.18. The Morgan fingerprint density at radius 2 is 1.80 bits per heavy atom. The lowest BCUT2D eigenvalue weighted by atomic mass is 10.1. The highest BCUT2D eigenvalue weighted by atomic mass is 16.4. The van der Waals surface area contributed by atoms with Crippen molar-refractivity contribution in [2.24, 2.45) is 0 Å². The number of amides is 1. The first-order valence-corrected chi connectivity index (χ1v) is 5.73. The number of hydrogen-bond acceptors (Lipinski definition) is 4. The Morgan fingerprint density at radius 1 is 1.10 bits per heavy atom. The maximum atomic E-state index is 12.1. The first kappa shape index (κ1) is 13.4. The monoisotopic (exact) mass is 269 g/mol. The summed E-state index contributed by atoms with van der Waals surface area (Å²) in [7, 11) is 0. The molecule has 6 nitrogen and oxygen atoms in total. The first-order chi connectivity index (χ1) is 9.66. The molecule has 0 atom stereocenters. The van der Waals surface area contributed by atoms with Crippen molar-refractivity contribution in [1.82, 2.24) is 9.97 Å².